The smallest absolute Gasteiger partial charge is 0.230 e. The van der Waals surface area contributed by atoms with Crippen LogP contribution in [0.2, 0.25) is 0 Å². The van der Waals surface area contributed by atoms with E-state index in [2.05, 4.69) is 38.3 Å². The van der Waals surface area contributed by atoms with Gasteiger partial charge in [0.15, 0.2) is 4.34 Å². The first-order valence-corrected chi connectivity index (χ1v) is 9.50. The number of aromatic nitrogens is 2. The molecular formula is C13H16N4OS3. The summed E-state index contributed by atoms with van der Waals surface area (Å²) < 4.78 is 0.833. The topological polar surface area (TPSA) is 66.9 Å². The summed E-state index contributed by atoms with van der Waals surface area (Å²) >= 11 is 4.71. The van der Waals surface area contributed by atoms with Gasteiger partial charge in [-0.3, -0.25) is 4.79 Å². The van der Waals surface area contributed by atoms with Crippen LogP contribution in [-0.2, 0) is 11.2 Å². The number of carbonyl (C=O) groups excluding carboxylic acids is 1. The van der Waals surface area contributed by atoms with Crippen molar-refractivity contribution in [1.82, 2.24) is 15.5 Å². The molecule has 0 aliphatic heterocycles. The summed E-state index contributed by atoms with van der Waals surface area (Å²) in [5, 5.41) is 17.3. The standard InChI is InChI=1S/C13H16N4OS3/c18-11(15-9-3-4-9)8-20-13-17-16-12(21-13)14-6-5-10-2-1-7-19-10/h1-2,7,9H,3-6,8H2,(H,14,16)(H,15,18). The Morgan fingerprint density at radius 2 is 2.33 bits per heavy atom. The normalized spacial score (nSPS) is 14.1. The van der Waals surface area contributed by atoms with Crippen molar-refractivity contribution in [2.75, 3.05) is 17.6 Å². The van der Waals surface area contributed by atoms with E-state index in [1.54, 1.807) is 11.3 Å². The Balaban J connectivity index is 1.37. The summed E-state index contributed by atoms with van der Waals surface area (Å²) in [6, 6.07) is 4.61. The van der Waals surface area contributed by atoms with Crippen molar-refractivity contribution in [3.05, 3.63) is 22.4 Å². The highest BCUT2D eigenvalue weighted by Crippen LogP contribution is 2.26. The second-order valence-corrected chi connectivity index (χ2v) is 7.99. The Labute approximate surface area is 135 Å². The van der Waals surface area contributed by atoms with Crippen molar-refractivity contribution >= 4 is 45.5 Å². The first kappa shape index (κ1) is 14.8. The average Bonchev–Trinajstić information content (AvgIpc) is 2.97. The average molecular weight is 340 g/mol. The van der Waals surface area contributed by atoms with Gasteiger partial charge in [0.05, 0.1) is 5.75 Å². The highest BCUT2D eigenvalue weighted by atomic mass is 32.2. The molecule has 8 heteroatoms. The van der Waals surface area contributed by atoms with Crippen LogP contribution < -0.4 is 10.6 Å². The molecule has 112 valence electrons. The molecule has 2 heterocycles. The molecule has 21 heavy (non-hydrogen) atoms. The van der Waals surface area contributed by atoms with Crippen LogP contribution in [0.4, 0.5) is 5.13 Å². The minimum absolute atomic E-state index is 0.0879. The molecule has 1 aliphatic carbocycles. The summed E-state index contributed by atoms with van der Waals surface area (Å²) in [7, 11) is 0. The van der Waals surface area contributed by atoms with E-state index in [1.165, 1.54) is 28.0 Å². The van der Waals surface area contributed by atoms with E-state index in [1.807, 2.05) is 0 Å². The summed E-state index contributed by atoms with van der Waals surface area (Å²) in [5.41, 5.74) is 0. The Morgan fingerprint density at radius 3 is 3.10 bits per heavy atom. The molecule has 5 nitrogen and oxygen atoms in total. The molecule has 1 saturated carbocycles. The first-order chi connectivity index (χ1) is 10.3. The monoisotopic (exact) mass is 340 g/mol. The van der Waals surface area contributed by atoms with E-state index < -0.39 is 0 Å². The Hall–Kier alpha value is -1.12. The molecule has 0 atom stereocenters. The number of anilines is 1. The van der Waals surface area contributed by atoms with Gasteiger partial charge in [0, 0.05) is 17.5 Å². The lowest BCUT2D eigenvalue weighted by molar-refractivity contribution is -0.118. The third kappa shape index (κ3) is 4.98. The number of nitrogens with zero attached hydrogens (tertiary/aromatic N) is 2. The van der Waals surface area contributed by atoms with Gasteiger partial charge in [-0.15, -0.1) is 21.5 Å². The molecule has 1 aliphatic rings. The van der Waals surface area contributed by atoms with Gasteiger partial charge in [-0.2, -0.15) is 0 Å². The zero-order valence-electron chi connectivity index (χ0n) is 11.4. The molecule has 0 bridgehead atoms. The molecule has 0 spiro atoms. The number of thiophene rings is 1. The van der Waals surface area contributed by atoms with Gasteiger partial charge in [-0.1, -0.05) is 29.2 Å². The van der Waals surface area contributed by atoms with Gasteiger partial charge < -0.3 is 10.6 Å². The van der Waals surface area contributed by atoms with Gasteiger partial charge in [0.25, 0.3) is 0 Å². The van der Waals surface area contributed by atoms with Crippen LogP contribution >= 0.6 is 34.4 Å². The third-order valence-electron chi connectivity index (χ3n) is 2.90. The fourth-order valence-electron chi connectivity index (χ4n) is 1.71. The fraction of sp³-hybridized carbons (Fsp3) is 0.462. The zero-order valence-corrected chi connectivity index (χ0v) is 13.8. The van der Waals surface area contributed by atoms with E-state index >= 15 is 0 Å². The number of hydrogen-bond acceptors (Lipinski definition) is 7. The number of rotatable bonds is 8. The minimum atomic E-state index is 0.0879. The Kier molecular flexibility index (Phi) is 5.10. The van der Waals surface area contributed by atoms with Crippen LogP contribution in [0.3, 0.4) is 0 Å². The van der Waals surface area contributed by atoms with Gasteiger partial charge in [-0.05, 0) is 30.7 Å². The maximum absolute atomic E-state index is 11.6. The predicted octanol–water partition coefficient (Wildman–Crippen LogP) is 2.62. The van der Waals surface area contributed by atoms with Crippen LogP contribution in [0.25, 0.3) is 0 Å². The van der Waals surface area contributed by atoms with Crippen LogP contribution in [0, 0.1) is 0 Å². The van der Waals surface area contributed by atoms with E-state index in [0.29, 0.717) is 11.8 Å². The lowest BCUT2D eigenvalue weighted by atomic mass is 10.3. The van der Waals surface area contributed by atoms with Gasteiger partial charge in [-0.25, -0.2) is 0 Å². The predicted molar refractivity (Wildman–Crippen MR) is 88.3 cm³/mol. The maximum atomic E-state index is 11.6. The summed E-state index contributed by atoms with van der Waals surface area (Å²) in [4.78, 5) is 12.9. The molecule has 3 rings (SSSR count). The quantitative estimate of drug-likeness (QED) is 0.723. The maximum Gasteiger partial charge on any atom is 0.230 e. The Bertz CT molecular complexity index is 580. The molecule has 0 unspecified atom stereocenters. The second-order valence-electron chi connectivity index (χ2n) is 4.76. The van der Waals surface area contributed by atoms with E-state index in [4.69, 9.17) is 0 Å². The molecule has 0 radical (unpaired) electrons. The first-order valence-electron chi connectivity index (χ1n) is 6.81. The zero-order chi connectivity index (χ0) is 14.5. The molecule has 2 aromatic rings. The molecule has 2 aromatic heterocycles. The molecular weight excluding hydrogens is 324 g/mol. The summed E-state index contributed by atoms with van der Waals surface area (Å²) in [6.07, 6.45) is 3.23. The van der Waals surface area contributed by atoms with E-state index in [0.717, 1.165) is 35.3 Å². The molecule has 0 saturated heterocycles. The van der Waals surface area contributed by atoms with Gasteiger partial charge in [0.2, 0.25) is 11.0 Å². The lowest BCUT2D eigenvalue weighted by Crippen LogP contribution is -2.26. The molecule has 2 N–H and O–H groups in total. The lowest BCUT2D eigenvalue weighted by Gasteiger charge is -2.00. The number of nitrogens with one attached hydrogen (secondary N) is 2. The Morgan fingerprint density at radius 1 is 1.43 bits per heavy atom. The highest BCUT2D eigenvalue weighted by molar-refractivity contribution is 8.01. The van der Waals surface area contributed by atoms with Crippen molar-refractivity contribution in [2.45, 2.75) is 29.6 Å². The van der Waals surface area contributed by atoms with Crippen LogP contribution in [-0.4, -0.2) is 34.4 Å². The molecule has 0 aromatic carbocycles. The van der Waals surface area contributed by atoms with E-state index in [-0.39, 0.29) is 5.91 Å². The fourth-order valence-corrected chi connectivity index (χ4v) is 4.01. The summed E-state index contributed by atoms with van der Waals surface area (Å²) in [6.45, 7) is 0.849. The highest BCUT2D eigenvalue weighted by Gasteiger charge is 2.23. The number of amides is 1. The van der Waals surface area contributed by atoms with Crippen LogP contribution in [0.1, 0.15) is 17.7 Å². The van der Waals surface area contributed by atoms with Crippen molar-refractivity contribution in [3.63, 3.8) is 0 Å². The van der Waals surface area contributed by atoms with Gasteiger partial charge in [0.1, 0.15) is 0 Å². The number of hydrogen-bond donors (Lipinski definition) is 2. The van der Waals surface area contributed by atoms with Crippen molar-refractivity contribution in [2.24, 2.45) is 0 Å². The second kappa shape index (κ2) is 7.24. The summed E-state index contributed by atoms with van der Waals surface area (Å²) in [5.74, 6) is 0.505. The van der Waals surface area contributed by atoms with Gasteiger partial charge >= 0.3 is 0 Å². The third-order valence-corrected chi connectivity index (χ3v) is 5.85. The molecule has 1 amide bonds. The SMILES string of the molecule is O=C(CSc1nnc(NCCc2cccs2)s1)NC1CC1. The molecule has 1 fully saturated rings. The minimum Gasteiger partial charge on any atom is -0.360 e. The van der Waals surface area contributed by atoms with Crippen molar-refractivity contribution < 1.29 is 4.79 Å². The van der Waals surface area contributed by atoms with Crippen molar-refractivity contribution in [3.8, 4) is 0 Å². The van der Waals surface area contributed by atoms with E-state index in [9.17, 15) is 4.79 Å². The van der Waals surface area contributed by atoms with Crippen LogP contribution in [0.15, 0.2) is 21.9 Å². The number of carbonyl (C=O) groups is 1. The largest absolute Gasteiger partial charge is 0.360 e. The van der Waals surface area contributed by atoms with Crippen molar-refractivity contribution in [1.29, 1.82) is 0 Å². The van der Waals surface area contributed by atoms with Crippen LogP contribution in [0.5, 0.6) is 0 Å². The number of thioether (sulfide) groups is 1.